The van der Waals surface area contributed by atoms with Crippen molar-refractivity contribution in [2.45, 2.75) is 0 Å². The molecule has 0 unspecified atom stereocenters. The molecule has 568 valence electrons. The first-order valence-corrected chi connectivity index (χ1v) is 21.9. The zero-order chi connectivity index (χ0) is 68.7. The minimum absolute atomic E-state index is 0. The smallest absolute Gasteiger partial charge is 0.412 e. The van der Waals surface area contributed by atoms with Gasteiger partial charge in [-0.3, -0.25) is 0 Å². The fourth-order valence-electron chi connectivity index (χ4n) is 9.75. The van der Waals surface area contributed by atoms with Crippen molar-refractivity contribution in [2.75, 3.05) is 0 Å². The summed E-state index contributed by atoms with van der Waals surface area (Å²) >= 11 is 0. The fourth-order valence-corrected chi connectivity index (χ4v) is 9.75. The second-order valence-electron chi connectivity index (χ2n) is 17.6. The summed E-state index contributed by atoms with van der Waals surface area (Å²) in [7, 11) is 0. The van der Waals surface area contributed by atoms with Crippen molar-refractivity contribution in [3.63, 3.8) is 0 Å². The summed E-state index contributed by atoms with van der Waals surface area (Å²) in [5, 5.41) is 0. The van der Waals surface area contributed by atoms with Crippen LogP contribution in [0.2, 0.25) is 0 Å². The third-order valence-corrected chi connectivity index (χ3v) is 13.4. The summed E-state index contributed by atoms with van der Waals surface area (Å²) in [5.41, 5.74) is -28.7. The number of benzene rings is 8. The zero-order valence-electron chi connectivity index (χ0n) is 46.5. The zero-order valence-corrected chi connectivity index (χ0v) is 48.7. The summed E-state index contributed by atoms with van der Waals surface area (Å²) in [6.45, 7) is 0. The maximum absolute atomic E-state index is 15.4. The maximum Gasteiger partial charge on any atom is 2.00 e. The number of hydrogen-bond donors (Lipinski definition) is 0. The Labute approximate surface area is 560 Å². The number of rotatable bonds is 8. The molecule has 0 fully saturated rings. The van der Waals surface area contributed by atoms with Crippen LogP contribution in [0.1, 0.15) is 0 Å². The molecule has 11 nitrogen and oxygen atoms in total. The molecule has 0 atom stereocenters. The van der Waals surface area contributed by atoms with Gasteiger partial charge in [0.1, 0.15) is 105 Å². The molecule has 0 saturated heterocycles. The van der Waals surface area contributed by atoms with Gasteiger partial charge in [-0.15, -0.1) is 43.7 Å². The predicted octanol–water partition coefficient (Wildman–Crippen LogP) is 2.24. The van der Waals surface area contributed by atoms with E-state index in [0.717, 1.165) is 0 Å². The molecule has 22 N–H and O–H groups in total. The molecule has 8 aromatic carbocycles. The van der Waals surface area contributed by atoms with E-state index in [2.05, 4.69) is 0 Å². The van der Waals surface area contributed by atoms with Gasteiger partial charge in [0.05, 0.1) is 0 Å². The van der Waals surface area contributed by atoms with Gasteiger partial charge in [-0.2, -0.15) is 0 Å². The molecule has 0 amide bonds. The van der Waals surface area contributed by atoms with Crippen LogP contribution in [0, 0.1) is 233 Å². The fraction of sp³-hybridized carbons (Fsp3) is 0. The molecule has 0 saturated carbocycles. The van der Waals surface area contributed by atoms with E-state index in [-0.39, 0.29) is 98.0 Å². The van der Waals surface area contributed by atoms with Crippen LogP contribution in [0.15, 0.2) is 0 Å². The average molecular weight is 1600 g/mol. The number of halogens is 40. The van der Waals surface area contributed by atoms with Crippen LogP contribution in [0.3, 0.4) is 0 Å². The van der Waals surface area contributed by atoms with Crippen LogP contribution < -0.4 is 43.7 Å². The molecule has 0 heterocycles. The van der Waals surface area contributed by atoms with Gasteiger partial charge in [-0.25, -0.2) is 176 Å². The maximum atomic E-state index is 15.4. The van der Waals surface area contributed by atoms with Crippen molar-refractivity contribution < 1.29 is 236 Å². The van der Waals surface area contributed by atoms with E-state index in [1.54, 1.807) is 0 Å². The van der Waals surface area contributed by atoms with Crippen LogP contribution in [-0.4, -0.2) is 110 Å². The molecule has 0 radical (unpaired) electrons. The molecule has 8 rings (SSSR count). The van der Waals surface area contributed by atoms with Crippen molar-refractivity contribution in [1.82, 2.24) is 0 Å². The van der Waals surface area contributed by atoms with Gasteiger partial charge in [-0.05, 0) is 0 Å². The Bertz CT molecular complexity index is 3480. The summed E-state index contributed by atoms with van der Waals surface area (Å²) in [5.74, 6) is -143. The van der Waals surface area contributed by atoms with Crippen molar-refractivity contribution in [2.24, 2.45) is 0 Å². The summed E-state index contributed by atoms with van der Waals surface area (Å²) in [6.07, 6.45) is -14.4. The molecule has 8 aromatic rings. The molecule has 0 aliphatic carbocycles. The van der Waals surface area contributed by atoms with Crippen LogP contribution in [-0.2, 0) is 0 Å². The van der Waals surface area contributed by atoms with Crippen molar-refractivity contribution >= 4 is 93.7 Å². The third kappa shape index (κ3) is 14.1. The minimum atomic E-state index is -7.22. The Balaban J connectivity index is -0.000000404. The van der Waals surface area contributed by atoms with E-state index < -0.39 is 289 Å². The second kappa shape index (κ2) is 35.9. The van der Waals surface area contributed by atoms with Crippen molar-refractivity contribution in [3.8, 4) is 0 Å². The molecular weight excluding hydrogens is 1570 g/mol. The molecule has 54 heteroatoms. The first-order valence-electron chi connectivity index (χ1n) is 21.9. The van der Waals surface area contributed by atoms with Gasteiger partial charge in [-0.1, -0.05) is 0 Å². The molecular formula is C48H22B2CaF40O11. The Morgan fingerprint density at radius 2 is 0.127 bits per heavy atom. The SMILES string of the molecule is Fc1c(F)c(F)c([B-](c2c(F)c(F)c(F)c(F)c2F)(c2c(F)c(F)c(F)c(F)c2F)c2c(F)c(F)c(F)c(F)c2F)c(F)c1F.Fc1c(F)c(F)c([B-](c2c(F)c(F)c(F)c(F)c2F)(c2c(F)c(F)c(F)c(F)c2F)c2c(F)c(F)c(F)c(F)c2F)c(F)c1F.O.O.O.O.O.O.O.O.O.O.O.[Ca+2]. The van der Waals surface area contributed by atoms with E-state index in [0.29, 0.717) is 0 Å². The number of hydrogen-bond acceptors (Lipinski definition) is 0. The second-order valence-corrected chi connectivity index (χ2v) is 17.6. The predicted molar refractivity (Wildman–Crippen MR) is 264 cm³/mol. The third-order valence-electron chi connectivity index (χ3n) is 13.4. The quantitative estimate of drug-likeness (QED) is 0.0915. The van der Waals surface area contributed by atoms with E-state index in [9.17, 15) is 105 Å². The normalized spacial score (nSPS) is 10.6. The first kappa shape index (κ1) is 105. The van der Waals surface area contributed by atoms with E-state index in [1.165, 1.54) is 0 Å². The van der Waals surface area contributed by atoms with Crippen molar-refractivity contribution in [1.29, 1.82) is 0 Å². The summed E-state index contributed by atoms with van der Waals surface area (Å²) < 4.78 is 588. The van der Waals surface area contributed by atoms with Crippen LogP contribution in [0.25, 0.3) is 0 Å². The molecule has 0 spiro atoms. The van der Waals surface area contributed by atoms with Gasteiger partial charge >= 0.3 is 37.7 Å². The van der Waals surface area contributed by atoms with Crippen LogP contribution >= 0.6 is 0 Å². The molecule has 0 bridgehead atoms. The molecule has 0 aromatic heterocycles. The molecule has 0 aliphatic rings. The Kier molecular flexibility index (Phi) is 36.9. The van der Waals surface area contributed by atoms with E-state index in [1.807, 2.05) is 0 Å². The van der Waals surface area contributed by atoms with Gasteiger partial charge in [0.2, 0.25) is 0 Å². The standard InChI is InChI=1S/2C24BF20.Ca.11H2O/c2*26-5-1(6(27)14(35)21(42)13(5)34)25(2-7(28)15(36)22(43)16(37)8(2)29,3-9(30)17(38)23(44)18(39)10(3)31)4-11(32)19(40)24(45)20(41)12(4)33;;;;;;;;;;;;/h;;;11*1H2/q2*-1;+2;;;;;;;;;;;. The van der Waals surface area contributed by atoms with Crippen molar-refractivity contribution in [3.05, 3.63) is 233 Å². The minimum Gasteiger partial charge on any atom is -0.412 e. The van der Waals surface area contributed by atoms with Gasteiger partial charge in [0, 0.05) is 0 Å². The average Bonchev–Trinajstić information content (AvgIpc) is 0.688. The van der Waals surface area contributed by atoms with E-state index in [4.69, 9.17) is 0 Å². The molecule has 102 heavy (non-hydrogen) atoms. The monoisotopic (exact) mass is 1600 g/mol. The van der Waals surface area contributed by atoms with Gasteiger partial charge < -0.3 is 60.2 Å². The van der Waals surface area contributed by atoms with Crippen LogP contribution in [0.5, 0.6) is 0 Å². The Morgan fingerprint density at radius 3 is 0.176 bits per heavy atom. The van der Waals surface area contributed by atoms with Crippen LogP contribution in [0.4, 0.5) is 176 Å². The topological polar surface area (TPSA) is 346 Å². The van der Waals surface area contributed by atoms with Gasteiger partial charge in [0.25, 0.3) is 0 Å². The summed E-state index contributed by atoms with van der Waals surface area (Å²) in [6, 6.07) is 0. The van der Waals surface area contributed by atoms with Gasteiger partial charge in [0.15, 0.2) is 140 Å². The Morgan fingerprint density at radius 1 is 0.0882 bits per heavy atom. The largest absolute Gasteiger partial charge is 2.00 e. The molecule has 0 aliphatic heterocycles. The Hall–Kier alpha value is -8.09. The first-order chi connectivity index (χ1) is 41.4. The van der Waals surface area contributed by atoms with E-state index >= 15 is 70.2 Å². The summed E-state index contributed by atoms with van der Waals surface area (Å²) in [4.78, 5) is 0.